The van der Waals surface area contributed by atoms with Crippen molar-refractivity contribution in [3.05, 3.63) is 35.4 Å². The number of nitrogens with zero attached hydrogens (tertiary/aromatic N) is 4. The van der Waals surface area contributed by atoms with Crippen molar-refractivity contribution in [3.63, 3.8) is 0 Å². The Morgan fingerprint density at radius 2 is 1.80 bits per heavy atom. The van der Waals surface area contributed by atoms with Gasteiger partial charge in [0.1, 0.15) is 0 Å². The van der Waals surface area contributed by atoms with E-state index in [-0.39, 0.29) is 29.9 Å². The van der Waals surface area contributed by atoms with E-state index in [1.54, 1.807) is 0 Å². The summed E-state index contributed by atoms with van der Waals surface area (Å²) in [6.07, 6.45) is 2.56. The first kappa shape index (κ1) is 24.9. The van der Waals surface area contributed by atoms with Gasteiger partial charge in [0.25, 0.3) is 0 Å². The van der Waals surface area contributed by atoms with Gasteiger partial charge in [-0.1, -0.05) is 38.1 Å². The van der Waals surface area contributed by atoms with E-state index in [0.29, 0.717) is 19.0 Å². The van der Waals surface area contributed by atoms with Gasteiger partial charge >= 0.3 is 0 Å². The molecule has 2 aliphatic heterocycles. The van der Waals surface area contributed by atoms with E-state index in [1.165, 1.54) is 17.5 Å². The first-order valence-corrected chi connectivity index (χ1v) is 11.3. The van der Waals surface area contributed by atoms with E-state index >= 15 is 0 Å². The smallest absolute Gasteiger partial charge is 0.223 e. The van der Waals surface area contributed by atoms with Crippen molar-refractivity contribution in [1.82, 2.24) is 20.0 Å². The highest BCUT2D eigenvalue weighted by atomic mass is 127. The van der Waals surface area contributed by atoms with Gasteiger partial charge in [0.05, 0.1) is 0 Å². The van der Waals surface area contributed by atoms with Crippen LogP contribution in [-0.4, -0.2) is 71.9 Å². The number of likely N-dealkylation sites (tertiary alicyclic amines) is 1. The lowest BCUT2D eigenvalue weighted by Gasteiger charge is -2.27. The molecule has 3 rings (SSSR count). The predicted octanol–water partition coefficient (Wildman–Crippen LogP) is 3.31. The maximum absolute atomic E-state index is 12.6. The predicted molar refractivity (Wildman–Crippen MR) is 134 cm³/mol. The molecule has 1 fully saturated rings. The van der Waals surface area contributed by atoms with Crippen LogP contribution in [0.25, 0.3) is 0 Å². The molecule has 1 unspecified atom stereocenters. The fraction of sp³-hybridized carbons (Fsp3) is 0.652. The van der Waals surface area contributed by atoms with Crippen LogP contribution in [-0.2, 0) is 17.9 Å². The van der Waals surface area contributed by atoms with Crippen molar-refractivity contribution in [2.24, 2.45) is 4.99 Å². The number of guanidine groups is 1. The monoisotopic (exact) mass is 527 g/mol. The minimum Gasteiger partial charge on any atom is -0.357 e. The number of fused-ring (bicyclic) bond motifs is 1. The zero-order valence-corrected chi connectivity index (χ0v) is 21.1. The summed E-state index contributed by atoms with van der Waals surface area (Å²) < 4.78 is 0. The lowest BCUT2D eigenvalue weighted by Crippen LogP contribution is -2.43. The highest BCUT2D eigenvalue weighted by Gasteiger charge is 2.28. The van der Waals surface area contributed by atoms with Gasteiger partial charge in [-0.3, -0.25) is 14.7 Å². The molecule has 1 atom stereocenters. The van der Waals surface area contributed by atoms with Crippen molar-refractivity contribution < 1.29 is 4.79 Å². The molecule has 0 bridgehead atoms. The molecule has 0 spiro atoms. The number of carbonyl (C=O) groups excluding carboxylic acids is 1. The lowest BCUT2D eigenvalue weighted by molar-refractivity contribution is -0.131. The summed E-state index contributed by atoms with van der Waals surface area (Å²) in [6, 6.07) is 8.96. The van der Waals surface area contributed by atoms with E-state index in [2.05, 4.69) is 48.0 Å². The Morgan fingerprint density at radius 1 is 1.13 bits per heavy atom. The number of amides is 1. The van der Waals surface area contributed by atoms with Crippen molar-refractivity contribution in [1.29, 1.82) is 0 Å². The van der Waals surface area contributed by atoms with Crippen molar-refractivity contribution in [2.75, 3.05) is 39.3 Å². The molecule has 7 heteroatoms. The van der Waals surface area contributed by atoms with Gasteiger partial charge in [-0.15, -0.1) is 24.0 Å². The van der Waals surface area contributed by atoms with Crippen LogP contribution in [0.5, 0.6) is 0 Å². The van der Waals surface area contributed by atoms with Gasteiger partial charge in [0.15, 0.2) is 5.96 Å². The maximum atomic E-state index is 12.6. The van der Waals surface area contributed by atoms with Crippen LogP contribution in [0.15, 0.2) is 29.3 Å². The number of halogens is 1. The van der Waals surface area contributed by atoms with Crippen LogP contribution >= 0.6 is 24.0 Å². The van der Waals surface area contributed by atoms with E-state index in [4.69, 9.17) is 4.99 Å². The second-order valence-electron chi connectivity index (χ2n) is 7.97. The van der Waals surface area contributed by atoms with Crippen LogP contribution < -0.4 is 5.32 Å². The Morgan fingerprint density at radius 3 is 2.40 bits per heavy atom. The van der Waals surface area contributed by atoms with Crippen LogP contribution in [0.4, 0.5) is 0 Å². The molecule has 2 heterocycles. The molecule has 30 heavy (non-hydrogen) atoms. The summed E-state index contributed by atoms with van der Waals surface area (Å²) in [5.41, 5.74) is 2.56. The van der Waals surface area contributed by atoms with Gasteiger partial charge in [-0.05, 0) is 44.0 Å². The SMILES string of the molecule is CCNC(=NCCCC(=O)N1Cc2ccccc2C1)N1CCC(N(CC)CC)C1.I. The van der Waals surface area contributed by atoms with Crippen LogP contribution in [0.3, 0.4) is 0 Å². The van der Waals surface area contributed by atoms with Crippen molar-refractivity contribution >= 4 is 35.8 Å². The summed E-state index contributed by atoms with van der Waals surface area (Å²) >= 11 is 0. The zero-order valence-electron chi connectivity index (χ0n) is 18.8. The number of carbonyl (C=O) groups is 1. The quantitative estimate of drug-likeness (QED) is 0.244. The maximum Gasteiger partial charge on any atom is 0.223 e. The van der Waals surface area contributed by atoms with Gasteiger partial charge in [0, 0.05) is 51.7 Å². The van der Waals surface area contributed by atoms with Crippen LogP contribution in [0, 0.1) is 0 Å². The largest absolute Gasteiger partial charge is 0.357 e. The Kier molecular flexibility index (Phi) is 10.4. The average Bonchev–Trinajstić information content (AvgIpc) is 3.38. The number of nitrogens with one attached hydrogen (secondary N) is 1. The fourth-order valence-corrected chi connectivity index (χ4v) is 4.48. The molecule has 1 aromatic rings. The number of aliphatic imine (C=N–C) groups is 1. The number of likely N-dealkylation sites (N-methyl/N-ethyl adjacent to an activating group) is 1. The van der Waals surface area contributed by atoms with Crippen molar-refractivity contribution in [3.8, 4) is 0 Å². The molecule has 1 amide bonds. The molecular formula is C23H38IN5O. The Labute approximate surface area is 199 Å². The molecule has 6 nitrogen and oxygen atoms in total. The summed E-state index contributed by atoms with van der Waals surface area (Å²) in [5.74, 6) is 1.24. The molecule has 0 radical (unpaired) electrons. The standard InChI is InChI=1S/C23H37N5O.HI/c1-4-24-23(27-15-13-21(18-27)26(5-2)6-3)25-14-9-12-22(29)28-16-19-10-7-8-11-20(19)17-28;/h7-8,10-11,21H,4-6,9,12-18H2,1-3H3,(H,24,25);1H. The summed E-state index contributed by atoms with van der Waals surface area (Å²) in [5, 5.41) is 3.44. The Balaban J connectivity index is 0.00000320. The van der Waals surface area contributed by atoms with Gasteiger partial charge in [-0.2, -0.15) is 0 Å². The normalized spacial score (nSPS) is 18.5. The minimum atomic E-state index is 0. The van der Waals surface area contributed by atoms with Crippen LogP contribution in [0.2, 0.25) is 0 Å². The van der Waals surface area contributed by atoms with Crippen molar-refractivity contribution in [2.45, 2.75) is 59.2 Å². The molecule has 1 aromatic carbocycles. The summed E-state index contributed by atoms with van der Waals surface area (Å²) in [7, 11) is 0. The highest BCUT2D eigenvalue weighted by Crippen LogP contribution is 2.23. The Hall–Kier alpha value is -1.35. The summed E-state index contributed by atoms with van der Waals surface area (Å²) in [6.45, 7) is 14.0. The topological polar surface area (TPSA) is 51.2 Å². The van der Waals surface area contributed by atoms with Gasteiger partial charge in [0.2, 0.25) is 5.91 Å². The first-order valence-electron chi connectivity index (χ1n) is 11.3. The van der Waals surface area contributed by atoms with Gasteiger partial charge in [-0.25, -0.2) is 0 Å². The lowest BCUT2D eigenvalue weighted by atomic mass is 10.1. The third-order valence-corrected chi connectivity index (χ3v) is 6.13. The molecule has 1 N–H and O–H groups in total. The van der Waals surface area contributed by atoms with Crippen LogP contribution in [0.1, 0.15) is 51.2 Å². The highest BCUT2D eigenvalue weighted by molar-refractivity contribution is 14.0. The van der Waals surface area contributed by atoms with Gasteiger partial charge < -0.3 is 15.1 Å². The number of rotatable bonds is 8. The molecule has 2 aliphatic rings. The fourth-order valence-electron chi connectivity index (χ4n) is 4.48. The molecule has 168 valence electrons. The number of hydrogen-bond acceptors (Lipinski definition) is 3. The third-order valence-electron chi connectivity index (χ3n) is 6.13. The second kappa shape index (κ2) is 12.5. The third kappa shape index (κ3) is 6.33. The first-order chi connectivity index (χ1) is 14.2. The van der Waals surface area contributed by atoms with E-state index in [1.807, 2.05) is 17.0 Å². The molecule has 0 saturated carbocycles. The second-order valence-corrected chi connectivity index (χ2v) is 7.97. The molecule has 0 aliphatic carbocycles. The molecule has 1 saturated heterocycles. The molecular weight excluding hydrogens is 489 g/mol. The van der Waals surface area contributed by atoms with E-state index < -0.39 is 0 Å². The number of hydrogen-bond donors (Lipinski definition) is 1. The zero-order chi connectivity index (χ0) is 20.6. The average molecular weight is 527 g/mol. The minimum absolute atomic E-state index is 0. The summed E-state index contributed by atoms with van der Waals surface area (Å²) in [4.78, 5) is 24.3. The Bertz CT molecular complexity index is 682. The molecule has 0 aromatic heterocycles. The number of benzene rings is 1. The van der Waals surface area contributed by atoms with E-state index in [0.717, 1.165) is 58.2 Å². The van der Waals surface area contributed by atoms with E-state index in [9.17, 15) is 4.79 Å².